The second-order valence-electron chi connectivity index (χ2n) is 23.5. The number of fused-ring (bicyclic) bond motifs is 7. The number of aromatic nitrogens is 3. The fourth-order valence-corrected chi connectivity index (χ4v) is 13.4. The number of rotatable bonds is 9. The van der Waals surface area contributed by atoms with Crippen molar-refractivity contribution in [3.63, 3.8) is 0 Å². The second-order valence-corrected chi connectivity index (χ2v) is 23.5. The molecule has 0 N–H and O–H groups in total. The van der Waals surface area contributed by atoms with Gasteiger partial charge in [-0.25, -0.2) is 0 Å². The van der Waals surface area contributed by atoms with E-state index in [9.17, 15) is 5.48 Å². The number of hydrogen-bond donors (Lipinski definition) is 0. The zero-order valence-corrected chi connectivity index (χ0v) is 47.8. The van der Waals surface area contributed by atoms with Crippen LogP contribution in [-0.2, 0) is 5.41 Å². The van der Waals surface area contributed by atoms with Crippen LogP contribution in [0, 0.1) is 0 Å². The lowest BCUT2D eigenvalue weighted by molar-refractivity contribution is 0.591. The van der Waals surface area contributed by atoms with Crippen molar-refractivity contribution in [2.75, 3.05) is 9.80 Å². The van der Waals surface area contributed by atoms with Gasteiger partial charge < -0.3 is 14.4 Å². The lowest BCUT2D eigenvalue weighted by Crippen LogP contribution is -2.61. The summed E-state index contributed by atoms with van der Waals surface area (Å²) in [6.45, 7) is 6.16. The van der Waals surface area contributed by atoms with E-state index >= 15 is 0 Å². The van der Waals surface area contributed by atoms with Crippen LogP contribution in [0.4, 0.5) is 34.1 Å². The van der Waals surface area contributed by atoms with Crippen molar-refractivity contribution in [2.24, 2.45) is 0 Å². The number of nitrogens with zero attached hydrogens (tertiary/aromatic N) is 5. The van der Waals surface area contributed by atoms with Gasteiger partial charge in [0.25, 0.3) is 6.71 Å². The first-order valence-electron chi connectivity index (χ1n) is 31.4. The largest absolute Gasteiger partial charge is 0.310 e. The van der Waals surface area contributed by atoms with E-state index < -0.39 is 0 Å². The Hall–Kier alpha value is -10.8. The van der Waals surface area contributed by atoms with Crippen molar-refractivity contribution in [3.8, 4) is 72.4 Å². The van der Waals surface area contributed by atoms with Gasteiger partial charge in [0, 0.05) is 80.6 Å². The van der Waals surface area contributed by atoms with Crippen molar-refractivity contribution in [2.45, 2.75) is 26.2 Å². The molecule has 16 rings (SSSR count). The topological polar surface area (TPSA) is 37.2 Å². The third-order valence-corrected chi connectivity index (χ3v) is 17.4. The number of para-hydroxylation sites is 1. The molecule has 0 bridgehead atoms. The first-order chi connectivity index (χ1) is 44.0. The van der Waals surface area contributed by atoms with Crippen LogP contribution in [0.1, 0.15) is 31.8 Å². The van der Waals surface area contributed by atoms with Gasteiger partial charge in [0.2, 0.25) is 0 Å². The monoisotopic (exact) mass is 1100 g/mol. The minimum Gasteiger partial charge on any atom is -0.310 e. The molecule has 2 aliphatic rings. The van der Waals surface area contributed by atoms with E-state index in [1.54, 1.807) is 0 Å². The average molecular weight is 1100 g/mol. The molecule has 0 amide bonds. The molecule has 0 saturated carbocycles. The fourth-order valence-electron chi connectivity index (χ4n) is 13.4. The number of pyridine rings is 2. The van der Waals surface area contributed by atoms with Crippen LogP contribution in [0.15, 0.2) is 298 Å². The maximum atomic E-state index is 10.0. The van der Waals surface area contributed by atoms with Crippen molar-refractivity contribution >= 4 is 79.0 Å². The van der Waals surface area contributed by atoms with Crippen LogP contribution in [0.2, 0.25) is 0 Å². The Kier molecular flexibility index (Phi) is 11.1. The summed E-state index contributed by atoms with van der Waals surface area (Å²) in [7, 11) is 0. The van der Waals surface area contributed by atoms with Gasteiger partial charge in [-0.05, 0) is 114 Å². The molecule has 0 saturated heterocycles. The lowest BCUT2D eigenvalue weighted by atomic mass is 9.33. The standard InChI is InChI=1S/C80H58BN5/c1-80(2,3)61-40-43-72-64(46-61)63-36-22-23-37-71(63)84(72)62-47-75-77-76(48-62)86(79-67(57-32-18-8-19-33-57)51-83-52-68(79)58-34-20-9-21-35-58)74-42-39-60(54-26-12-5-13-27-54)45-70(74)81(77)69-44-59(53-24-10-4-11-25-53)38-41-73(69)85(75)78-65(55-28-14-6-15-29-55)49-82-50-66(78)56-30-16-7-17-31-56/h4-52H,1-3H3/i22D,23D,36D,37D. The van der Waals surface area contributed by atoms with Crippen molar-refractivity contribution in [1.82, 2.24) is 14.5 Å². The summed E-state index contributed by atoms with van der Waals surface area (Å²) in [5.74, 6) is 0. The fraction of sp³-hybridized carbons (Fsp3) is 0.0500. The minimum absolute atomic E-state index is 0.0803. The molecule has 0 fully saturated rings. The summed E-state index contributed by atoms with van der Waals surface area (Å²) in [5, 5.41) is 1.22. The smallest absolute Gasteiger partial charge is 0.252 e. The zero-order chi connectivity index (χ0) is 60.9. The van der Waals surface area contributed by atoms with Crippen LogP contribution in [0.3, 0.4) is 0 Å². The molecule has 0 aliphatic carbocycles. The normalized spacial score (nSPS) is 13.2. The first kappa shape index (κ1) is 46.6. The van der Waals surface area contributed by atoms with Gasteiger partial charge in [0.15, 0.2) is 0 Å². The number of benzene rings is 11. The first-order valence-corrected chi connectivity index (χ1v) is 29.4. The Morgan fingerprint density at radius 1 is 0.360 bits per heavy atom. The van der Waals surface area contributed by atoms with E-state index in [-0.39, 0.29) is 36.3 Å². The third-order valence-electron chi connectivity index (χ3n) is 17.4. The highest BCUT2D eigenvalue weighted by molar-refractivity contribution is 7.00. The quantitative estimate of drug-likeness (QED) is 0.135. The molecule has 11 aromatic carbocycles. The Labute approximate surface area is 508 Å². The highest BCUT2D eigenvalue weighted by Gasteiger charge is 2.46. The van der Waals surface area contributed by atoms with Gasteiger partial charge in [-0.15, -0.1) is 0 Å². The second kappa shape index (κ2) is 20.5. The van der Waals surface area contributed by atoms with Crippen LogP contribution in [-0.4, -0.2) is 21.2 Å². The van der Waals surface area contributed by atoms with Crippen molar-refractivity contribution < 1.29 is 5.48 Å². The highest BCUT2D eigenvalue weighted by atomic mass is 15.2. The Morgan fingerprint density at radius 2 is 0.756 bits per heavy atom. The zero-order valence-electron chi connectivity index (χ0n) is 51.8. The van der Waals surface area contributed by atoms with E-state index in [2.05, 4.69) is 284 Å². The average Bonchev–Trinajstić information content (AvgIpc) is 0.917. The molecule has 0 spiro atoms. The van der Waals surface area contributed by atoms with Crippen LogP contribution in [0.25, 0.3) is 94.3 Å². The summed E-state index contributed by atoms with van der Waals surface area (Å²) >= 11 is 0. The van der Waals surface area contributed by atoms with Crippen LogP contribution >= 0.6 is 0 Å². The molecular formula is C80H58BN5. The van der Waals surface area contributed by atoms with Gasteiger partial charge >= 0.3 is 0 Å². The van der Waals surface area contributed by atoms with E-state index in [4.69, 9.17) is 9.97 Å². The highest BCUT2D eigenvalue weighted by Crippen LogP contribution is 2.53. The van der Waals surface area contributed by atoms with Crippen LogP contribution < -0.4 is 26.2 Å². The summed E-state index contributed by atoms with van der Waals surface area (Å²) < 4.78 is 40.5. The van der Waals surface area contributed by atoms with Crippen LogP contribution in [0.5, 0.6) is 0 Å². The lowest BCUT2D eigenvalue weighted by Gasteiger charge is -2.46. The molecule has 86 heavy (non-hydrogen) atoms. The Morgan fingerprint density at radius 3 is 1.16 bits per heavy atom. The van der Waals surface area contributed by atoms with Gasteiger partial charge in [0.05, 0.1) is 33.6 Å². The SMILES string of the molecule is [2H]c1c([2H])c([2H])c2c(c1[2H])c1cc(C(C)(C)C)ccc1n2-c1cc2c3c(c1)N(c1c(-c4ccccc4)cncc1-c1ccccc1)c1ccc(-c4ccccc4)cc1B3c1cc(-c3ccccc3)ccc1N2c1c(-c2ccccc2)cncc1-c1ccccc1. The van der Waals surface area contributed by atoms with Gasteiger partial charge in [-0.3, -0.25) is 9.97 Å². The molecule has 5 heterocycles. The summed E-state index contributed by atoms with van der Waals surface area (Å²) in [6, 6.07) is 87.6. The maximum Gasteiger partial charge on any atom is 0.252 e. The summed E-state index contributed by atoms with van der Waals surface area (Å²) in [6.07, 6.45) is 7.99. The van der Waals surface area contributed by atoms with Gasteiger partial charge in [0.1, 0.15) is 0 Å². The van der Waals surface area contributed by atoms with E-state index in [1.165, 1.54) is 0 Å². The van der Waals surface area contributed by atoms with E-state index in [1.807, 2.05) is 24.8 Å². The molecule has 406 valence electrons. The predicted molar refractivity (Wildman–Crippen MR) is 362 cm³/mol. The molecule has 3 aromatic heterocycles. The van der Waals surface area contributed by atoms with Gasteiger partial charge in [-0.1, -0.05) is 251 Å². The van der Waals surface area contributed by atoms with E-state index in [0.717, 1.165) is 134 Å². The van der Waals surface area contributed by atoms with E-state index in [0.29, 0.717) is 16.6 Å². The molecule has 5 nitrogen and oxygen atoms in total. The minimum atomic E-state index is -0.372. The molecule has 0 radical (unpaired) electrons. The summed E-state index contributed by atoms with van der Waals surface area (Å²) in [4.78, 5) is 15.1. The third kappa shape index (κ3) is 8.39. The molecule has 2 aliphatic heterocycles. The Bertz CT molecular complexity index is 4800. The van der Waals surface area contributed by atoms with Crippen molar-refractivity contribution in [3.05, 3.63) is 303 Å². The molecule has 14 aromatic rings. The number of anilines is 6. The molecule has 0 atom stereocenters. The molecule has 6 heteroatoms. The number of hydrogen-bond acceptors (Lipinski definition) is 4. The van der Waals surface area contributed by atoms with Crippen molar-refractivity contribution in [1.29, 1.82) is 0 Å². The maximum absolute atomic E-state index is 10.0. The predicted octanol–water partition coefficient (Wildman–Crippen LogP) is 19.0. The molecule has 0 unspecified atom stereocenters. The van der Waals surface area contributed by atoms with Gasteiger partial charge in [-0.2, -0.15) is 0 Å². The molecular weight excluding hydrogens is 1040 g/mol. The Balaban J connectivity index is 1.13. The summed E-state index contributed by atoms with van der Waals surface area (Å²) in [5.41, 5.74) is 23.6.